The average molecular weight is 395 g/mol. The van der Waals surface area contributed by atoms with Crippen LogP contribution < -0.4 is 9.47 Å². The summed E-state index contributed by atoms with van der Waals surface area (Å²) in [5, 5.41) is 0. The predicted molar refractivity (Wildman–Crippen MR) is 105 cm³/mol. The second-order valence-electron chi connectivity index (χ2n) is 6.78. The van der Waals surface area contributed by atoms with Crippen LogP contribution in [0.15, 0.2) is 22.7 Å². The lowest BCUT2D eigenvalue weighted by molar-refractivity contribution is 0.145. The molecule has 1 aromatic carbocycles. The fourth-order valence-corrected chi connectivity index (χ4v) is 4.80. The van der Waals surface area contributed by atoms with E-state index < -0.39 is 0 Å². The van der Waals surface area contributed by atoms with Crippen molar-refractivity contribution in [3.05, 3.63) is 33.8 Å². The molecule has 0 saturated heterocycles. The second-order valence-corrected chi connectivity index (χ2v) is 7.64. The van der Waals surface area contributed by atoms with E-state index in [0.717, 1.165) is 30.8 Å². The molecular weight excluding hydrogens is 364 g/mol. The molecule has 24 heavy (non-hydrogen) atoms. The summed E-state index contributed by atoms with van der Waals surface area (Å²) in [6, 6.07) is 2.08. The lowest BCUT2D eigenvalue weighted by Gasteiger charge is -2.34. The highest BCUT2D eigenvalue weighted by Gasteiger charge is 2.51. The van der Waals surface area contributed by atoms with Gasteiger partial charge in [0, 0.05) is 10.0 Å². The van der Waals surface area contributed by atoms with Crippen molar-refractivity contribution >= 4 is 15.9 Å². The molecule has 4 rings (SSSR count). The first-order valence-corrected chi connectivity index (χ1v) is 9.71. The SMILES string of the molecule is C.CCC.COc1cc(Br)c2c3c1OC1CCC=CC31CCCC2. The number of halogens is 1. The monoisotopic (exact) mass is 394 g/mol. The average Bonchev–Trinajstić information content (AvgIpc) is 2.77. The van der Waals surface area contributed by atoms with Gasteiger partial charge in [-0.25, -0.2) is 0 Å². The first kappa shape index (κ1) is 19.4. The quantitative estimate of drug-likeness (QED) is 0.500. The third-order valence-electron chi connectivity index (χ3n) is 5.10. The first-order chi connectivity index (χ1) is 11.2. The predicted octanol–water partition coefficient (Wildman–Crippen LogP) is 6.59. The van der Waals surface area contributed by atoms with Crippen LogP contribution in [0.5, 0.6) is 11.5 Å². The molecule has 0 aromatic heterocycles. The Balaban J connectivity index is 0.000000487. The maximum atomic E-state index is 6.36. The Bertz CT molecular complexity index is 608. The molecular formula is C21H31BrO2. The minimum Gasteiger partial charge on any atom is -0.493 e. The van der Waals surface area contributed by atoms with Gasteiger partial charge in [-0.15, -0.1) is 0 Å². The second kappa shape index (κ2) is 7.95. The number of benzene rings is 1. The molecule has 1 aromatic rings. The minimum atomic E-state index is 0. The molecule has 1 heterocycles. The summed E-state index contributed by atoms with van der Waals surface area (Å²) < 4.78 is 13.1. The van der Waals surface area contributed by atoms with Crippen molar-refractivity contribution in [2.75, 3.05) is 7.11 Å². The standard InChI is InChI=1S/C17H19BrO2.C3H8.CH4/c1-19-13-10-12(18)11-6-2-4-8-17-9-5-3-7-14(17)20-16(13)15(11)17;1-3-2;/h5,9-10,14H,2-4,6-8H2,1H3;3H2,1-2H3;1H4. The summed E-state index contributed by atoms with van der Waals surface area (Å²) in [7, 11) is 1.73. The third kappa shape index (κ3) is 3.00. The zero-order valence-electron chi connectivity index (χ0n) is 14.5. The zero-order valence-corrected chi connectivity index (χ0v) is 16.0. The number of methoxy groups -OCH3 is 1. The van der Waals surface area contributed by atoms with E-state index in [4.69, 9.17) is 9.47 Å². The molecule has 0 bridgehead atoms. The summed E-state index contributed by atoms with van der Waals surface area (Å²) in [6.45, 7) is 4.25. The Hall–Kier alpha value is -0.960. The molecule has 2 aliphatic carbocycles. The van der Waals surface area contributed by atoms with Gasteiger partial charge in [-0.2, -0.15) is 0 Å². The number of ether oxygens (including phenoxy) is 2. The molecule has 1 aliphatic heterocycles. The largest absolute Gasteiger partial charge is 0.493 e. The highest BCUT2D eigenvalue weighted by atomic mass is 79.9. The topological polar surface area (TPSA) is 18.5 Å². The Labute approximate surface area is 155 Å². The molecule has 2 atom stereocenters. The van der Waals surface area contributed by atoms with E-state index in [9.17, 15) is 0 Å². The molecule has 1 spiro atoms. The molecule has 2 nitrogen and oxygen atoms in total. The van der Waals surface area contributed by atoms with Crippen LogP contribution in [-0.2, 0) is 11.8 Å². The van der Waals surface area contributed by atoms with E-state index in [-0.39, 0.29) is 12.8 Å². The lowest BCUT2D eigenvalue weighted by atomic mass is 9.69. The summed E-state index contributed by atoms with van der Waals surface area (Å²) in [5.41, 5.74) is 2.94. The maximum absolute atomic E-state index is 6.36. The van der Waals surface area contributed by atoms with E-state index >= 15 is 0 Å². The maximum Gasteiger partial charge on any atom is 0.166 e. The van der Waals surface area contributed by atoms with E-state index in [1.54, 1.807) is 7.11 Å². The van der Waals surface area contributed by atoms with E-state index in [1.165, 1.54) is 41.3 Å². The highest BCUT2D eigenvalue weighted by Crippen LogP contribution is 2.57. The summed E-state index contributed by atoms with van der Waals surface area (Å²) in [4.78, 5) is 0. The smallest absolute Gasteiger partial charge is 0.166 e. The third-order valence-corrected chi connectivity index (χ3v) is 5.80. The van der Waals surface area contributed by atoms with Crippen molar-refractivity contribution in [3.63, 3.8) is 0 Å². The van der Waals surface area contributed by atoms with Crippen LogP contribution in [0.1, 0.15) is 70.9 Å². The van der Waals surface area contributed by atoms with Gasteiger partial charge in [0.25, 0.3) is 0 Å². The summed E-state index contributed by atoms with van der Waals surface area (Å²) in [6.07, 6.45) is 13.4. The Kier molecular flexibility index (Phi) is 6.41. The van der Waals surface area contributed by atoms with Crippen LogP contribution in [-0.4, -0.2) is 13.2 Å². The van der Waals surface area contributed by atoms with E-state index in [2.05, 4.69) is 48.0 Å². The fraction of sp³-hybridized carbons (Fsp3) is 0.619. The van der Waals surface area contributed by atoms with Crippen molar-refractivity contribution in [3.8, 4) is 11.5 Å². The molecule has 0 N–H and O–H groups in total. The molecule has 3 aliphatic rings. The van der Waals surface area contributed by atoms with Crippen molar-refractivity contribution in [2.24, 2.45) is 0 Å². The molecule has 3 heteroatoms. The van der Waals surface area contributed by atoms with Crippen molar-refractivity contribution in [2.45, 2.75) is 77.7 Å². The molecule has 2 unspecified atom stereocenters. The van der Waals surface area contributed by atoms with Crippen LogP contribution in [0.2, 0.25) is 0 Å². The normalized spacial score (nSPS) is 25.9. The number of allylic oxidation sites excluding steroid dienone is 1. The summed E-state index contributed by atoms with van der Waals surface area (Å²) in [5.74, 6) is 1.88. The molecule has 0 amide bonds. The lowest BCUT2D eigenvalue weighted by Crippen LogP contribution is -2.38. The van der Waals surface area contributed by atoms with Crippen LogP contribution in [0.4, 0.5) is 0 Å². The van der Waals surface area contributed by atoms with Gasteiger partial charge in [-0.05, 0) is 43.7 Å². The number of hydrogen-bond donors (Lipinski definition) is 0. The van der Waals surface area contributed by atoms with E-state index in [1.807, 2.05) is 0 Å². The van der Waals surface area contributed by atoms with Gasteiger partial charge >= 0.3 is 0 Å². The van der Waals surface area contributed by atoms with Crippen LogP contribution in [0.25, 0.3) is 0 Å². The highest BCUT2D eigenvalue weighted by molar-refractivity contribution is 9.10. The van der Waals surface area contributed by atoms with Gasteiger partial charge in [-0.1, -0.05) is 62.2 Å². The van der Waals surface area contributed by atoms with Gasteiger partial charge in [0.05, 0.1) is 12.5 Å². The van der Waals surface area contributed by atoms with Gasteiger partial charge < -0.3 is 9.47 Å². The van der Waals surface area contributed by atoms with Crippen LogP contribution >= 0.6 is 15.9 Å². The Morgan fingerprint density at radius 1 is 1.33 bits per heavy atom. The molecule has 0 radical (unpaired) electrons. The number of rotatable bonds is 1. The fourth-order valence-electron chi connectivity index (χ4n) is 4.20. The van der Waals surface area contributed by atoms with E-state index in [0.29, 0.717) is 6.10 Å². The molecule has 134 valence electrons. The van der Waals surface area contributed by atoms with Crippen molar-refractivity contribution in [1.82, 2.24) is 0 Å². The zero-order chi connectivity index (χ0) is 16.4. The van der Waals surface area contributed by atoms with Crippen molar-refractivity contribution < 1.29 is 9.47 Å². The van der Waals surface area contributed by atoms with Crippen LogP contribution in [0.3, 0.4) is 0 Å². The van der Waals surface area contributed by atoms with Crippen LogP contribution in [0, 0.1) is 0 Å². The Morgan fingerprint density at radius 3 is 2.79 bits per heavy atom. The van der Waals surface area contributed by atoms with Gasteiger partial charge in [0.1, 0.15) is 6.10 Å². The number of hydrogen-bond acceptors (Lipinski definition) is 2. The molecule has 0 saturated carbocycles. The summed E-state index contributed by atoms with van der Waals surface area (Å²) >= 11 is 3.75. The first-order valence-electron chi connectivity index (χ1n) is 8.92. The molecule has 0 fully saturated rings. The van der Waals surface area contributed by atoms with Gasteiger partial charge in [0.2, 0.25) is 0 Å². The minimum absolute atomic E-state index is 0. The van der Waals surface area contributed by atoms with Gasteiger partial charge in [0.15, 0.2) is 11.5 Å². The van der Waals surface area contributed by atoms with Crippen molar-refractivity contribution in [1.29, 1.82) is 0 Å². The van der Waals surface area contributed by atoms with Gasteiger partial charge in [-0.3, -0.25) is 0 Å². The Morgan fingerprint density at radius 2 is 2.08 bits per heavy atom.